The van der Waals surface area contributed by atoms with Gasteiger partial charge in [0.25, 0.3) is 0 Å². The van der Waals surface area contributed by atoms with Crippen molar-refractivity contribution in [2.75, 3.05) is 19.8 Å². The molecule has 36 atom stereocenters. The number of rotatable bonds is 14. The van der Waals surface area contributed by atoms with E-state index in [4.69, 9.17) is 47.4 Å². The molecule has 0 amide bonds. The van der Waals surface area contributed by atoms with Crippen LogP contribution in [-0.2, 0) is 52.2 Å². The lowest BCUT2D eigenvalue weighted by Crippen LogP contribution is -2.67. The van der Waals surface area contributed by atoms with Crippen LogP contribution in [-0.4, -0.2) is 267 Å². The van der Waals surface area contributed by atoms with Crippen molar-refractivity contribution in [3.63, 3.8) is 0 Å². The van der Waals surface area contributed by atoms with E-state index in [1.165, 1.54) is 13.8 Å². The molecule has 0 radical (unpaired) electrons. The van der Waals surface area contributed by atoms with Crippen LogP contribution in [0, 0.1) is 57.2 Å². The Morgan fingerprint density at radius 1 is 0.506 bits per heavy atom. The fourth-order valence-corrected chi connectivity index (χ4v) is 18.0. The molecular formula is C58H94O27. The van der Waals surface area contributed by atoms with Crippen molar-refractivity contribution in [1.29, 1.82) is 0 Å². The Morgan fingerprint density at radius 2 is 1.08 bits per heavy atom. The van der Waals surface area contributed by atoms with Gasteiger partial charge in [-0.15, -0.1) is 0 Å². The average Bonchev–Trinajstić information content (AvgIpc) is 3.27. The standard InChI is InChI=1S/C58H94O27/c1-21(2)24-10-15-58(54(75)85-52-44(72)38(66)35(63)30(81-52)20-76-49-45(73)40(68)46(29(19-60)80-49)82-50-42(70)36(64)33(61)22(3)77-50)17-16-56(6)27(32(24)58)8-9-31-55(5)13-12-28(25(18-59)26(55)11-14-57(31,56)7)79-53-47(39(67)41(69)48(74)84-53)83-51-43(71)37(65)34(62)23(4)78-51/h22-53,59-74H,1,8-20H2,2-7H3/t22-,23-,24-,25-,26+,27-,28+,29+,30+,31+,32+,33-,34-,35+,36+,37+,38-,39+,40+,41-,42+,43+,44+,45+,46+,47+,48-,49-,50-,51+,52-,53-,55+,56+,57+,58-/m0/s1. The molecule has 488 valence electrons. The van der Waals surface area contributed by atoms with Crippen molar-refractivity contribution in [3.05, 3.63) is 12.2 Å². The zero-order valence-electron chi connectivity index (χ0n) is 49.0. The molecule has 85 heavy (non-hydrogen) atoms. The summed E-state index contributed by atoms with van der Waals surface area (Å²) in [7, 11) is 0. The first kappa shape index (κ1) is 66.1. The monoisotopic (exact) mass is 1220 g/mol. The summed E-state index contributed by atoms with van der Waals surface area (Å²) >= 11 is 0. The van der Waals surface area contributed by atoms with Gasteiger partial charge in [-0.05, 0) is 131 Å². The number of carbonyl (C=O) groups is 1. The molecule has 5 heterocycles. The Balaban J connectivity index is 0.815. The molecule has 0 aromatic carbocycles. The number of hydrogen-bond donors (Lipinski definition) is 16. The summed E-state index contributed by atoms with van der Waals surface area (Å²) in [6.45, 7) is 14.5. The third-order valence-electron chi connectivity index (χ3n) is 23.2. The molecule has 27 heteroatoms. The molecule has 16 N–H and O–H groups in total. The second kappa shape index (κ2) is 25.0. The molecule has 27 nitrogen and oxygen atoms in total. The van der Waals surface area contributed by atoms with Crippen molar-refractivity contribution in [2.24, 2.45) is 57.2 Å². The van der Waals surface area contributed by atoms with E-state index in [1.54, 1.807) is 0 Å². The van der Waals surface area contributed by atoms with Crippen molar-refractivity contribution < 1.29 is 134 Å². The summed E-state index contributed by atoms with van der Waals surface area (Å²) in [6, 6.07) is 0. The van der Waals surface area contributed by atoms with E-state index in [-0.39, 0.29) is 52.4 Å². The summed E-state index contributed by atoms with van der Waals surface area (Å²) in [6.07, 6.45) is -35.4. The molecule has 5 aliphatic carbocycles. The van der Waals surface area contributed by atoms with Crippen LogP contribution in [0.5, 0.6) is 0 Å². The molecule has 0 spiro atoms. The van der Waals surface area contributed by atoms with Gasteiger partial charge in [0.05, 0.1) is 36.9 Å². The minimum atomic E-state index is -1.91. The molecule has 5 saturated heterocycles. The van der Waals surface area contributed by atoms with Gasteiger partial charge in [-0.1, -0.05) is 32.9 Å². The Hall–Kier alpha value is -1.79. The fraction of sp³-hybridized carbons (Fsp3) is 0.948. The number of carbonyl (C=O) groups excluding carboxylic acids is 1. The van der Waals surface area contributed by atoms with E-state index in [0.29, 0.717) is 44.9 Å². The van der Waals surface area contributed by atoms with Crippen molar-refractivity contribution in [2.45, 2.75) is 266 Å². The van der Waals surface area contributed by atoms with Gasteiger partial charge < -0.3 is 129 Å². The van der Waals surface area contributed by atoms with Gasteiger partial charge in [-0.2, -0.15) is 0 Å². The van der Waals surface area contributed by atoms with Gasteiger partial charge in [0.15, 0.2) is 31.5 Å². The molecule has 0 aromatic rings. The van der Waals surface area contributed by atoms with Gasteiger partial charge in [0.1, 0.15) is 104 Å². The molecular weight excluding hydrogens is 1130 g/mol. The molecule has 0 aromatic heterocycles. The Bertz CT molecular complexity index is 2320. The van der Waals surface area contributed by atoms with Crippen LogP contribution in [0.4, 0.5) is 0 Å². The topological polar surface area (TPSA) is 433 Å². The Labute approximate surface area is 493 Å². The molecule has 10 fully saturated rings. The highest BCUT2D eigenvalue weighted by Gasteiger charge is 2.72. The van der Waals surface area contributed by atoms with E-state index in [0.717, 1.165) is 24.8 Å². The van der Waals surface area contributed by atoms with E-state index in [2.05, 4.69) is 27.4 Å². The van der Waals surface area contributed by atoms with Crippen LogP contribution in [0.1, 0.15) is 106 Å². The lowest BCUT2D eigenvalue weighted by molar-refractivity contribution is -0.392. The normalized spacial score (nSPS) is 56.3. The van der Waals surface area contributed by atoms with Crippen molar-refractivity contribution in [1.82, 2.24) is 0 Å². The predicted molar refractivity (Wildman–Crippen MR) is 284 cm³/mol. The van der Waals surface area contributed by atoms with Crippen LogP contribution < -0.4 is 0 Å². The second-order valence-corrected chi connectivity index (χ2v) is 27.4. The maximum Gasteiger partial charge on any atom is 0.314 e. The van der Waals surface area contributed by atoms with Gasteiger partial charge in [0, 0.05) is 12.5 Å². The van der Waals surface area contributed by atoms with Gasteiger partial charge in [-0.3, -0.25) is 4.79 Å². The SMILES string of the molecule is C=C(C)[C@@H]1CC[C@]2(C(=O)O[C@@H]3O[C@H](CO[C@H]4O[C@H](CO)[C@@H](O[C@@H]5O[C@@H](C)[C@H](O)[C@@H](O)[C@H]5O)[C@H](O)[C@H]4O)[C@@H](O)[C@H](O)[C@H]3O)CC[C@]3(C)[C@@H](CC[C@@H]4[C@]5(C)CC[C@@H](O[C@H]6O[C@H](O)[C@@H](O)[C@@H](O)[C@H]6O[C@H]6O[C@@H](C)[C@H](O)[C@@H](O)[C@H]6O)[C@@H](CO)[C@H]5CC[C@]43C)[C@@H]12. The lowest BCUT2D eigenvalue weighted by atomic mass is 9.33. The first-order valence-electron chi connectivity index (χ1n) is 30.5. The quantitative estimate of drug-likeness (QED) is 0.0451. The maximum absolute atomic E-state index is 15.2. The maximum atomic E-state index is 15.2. The summed E-state index contributed by atoms with van der Waals surface area (Å²) in [5.74, 6) is -1.31. The number of aliphatic hydroxyl groups is 16. The first-order chi connectivity index (χ1) is 40.0. The van der Waals surface area contributed by atoms with Gasteiger partial charge >= 0.3 is 5.97 Å². The number of esters is 1. The highest BCUT2D eigenvalue weighted by molar-refractivity contribution is 5.78. The second-order valence-electron chi connectivity index (χ2n) is 27.4. The Kier molecular flexibility index (Phi) is 19.5. The van der Waals surface area contributed by atoms with Gasteiger partial charge in [-0.25, -0.2) is 0 Å². The first-order valence-corrected chi connectivity index (χ1v) is 30.5. The Morgan fingerprint density at radius 3 is 1.69 bits per heavy atom. The van der Waals surface area contributed by atoms with Crippen LogP contribution >= 0.6 is 0 Å². The molecule has 10 aliphatic rings. The zero-order chi connectivity index (χ0) is 61.9. The number of ether oxygens (including phenoxy) is 10. The van der Waals surface area contributed by atoms with E-state index < -0.39 is 190 Å². The highest BCUT2D eigenvalue weighted by atomic mass is 16.8. The summed E-state index contributed by atoms with van der Waals surface area (Å²) in [5.41, 5.74) is -1.05. The van der Waals surface area contributed by atoms with Gasteiger partial charge in [0.2, 0.25) is 6.29 Å². The minimum Gasteiger partial charge on any atom is -0.432 e. The minimum absolute atomic E-state index is 0.000543. The number of fused-ring (bicyclic) bond motifs is 7. The summed E-state index contributed by atoms with van der Waals surface area (Å²) < 4.78 is 58.8. The lowest BCUT2D eigenvalue weighted by Gasteiger charge is -2.72. The number of allylic oxidation sites excluding steroid dienone is 1. The average molecular weight is 1220 g/mol. The third kappa shape index (κ3) is 11.1. The van der Waals surface area contributed by atoms with E-state index >= 15 is 4.79 Å². The fourth-order valence-electron chi connectivity index (χ4n) is 18.0. The molecule has 0 unspecified atom stereocenters. The van der Waals surface area contributed by atoms with Crippen LogP contribution in [0.25, 0.3) is 0 Å². The molecule has 5 saturated carbocycles. The molecule has 5 aliphatic heterocycles. The third-order valence-corrected chi connectivity index (χ3v) is 23.2. The number of aliphatic hydroxyl groups excluding tert-OH is 16. The predicted octanol–water partition coefficient (Wildman–Crippen LogP) is -3.76. The van der Waals surface area contributed by atoms with Crippen LogP contribution in [0.15, 0.2) is 12.2 Å². The van der Waals surface area contributed by atoms with E-state index in [1.807, 2.05) is 6.92 Å². The summed E-state index contributed by atoms with van der Waals surface area (Å²) in [5, 5.41) is 173. The highest BCUT2D eigenvalue weighted by Crippen LogP contribution is 2.77. The summed E-state index contributed by atoms with van der Waals surface area (Å²) in [4.78, 5) is 15.2. The number of hydrogen-bond acceptors (Lipinski definition) is 27. The molecule has 0 bridgehead atoms. The largest absolute Gasteiger partial charge is 0.432 e. The van der Waals surface area contributed by atoms with E-state index in [9.17, 15) is 81.7 Å². The zero-order valence-corrected chi connectivity index (χ0v) is 49.0. The smallest absolute Gasteiger partial charge is 0.314 e. The van der Waals surface area contributed by atoms with Crippen LogP contribution in [0.3, 0.4) is 0 Å². The van der Waals surface area contributed by atoms with Crippen LogP contribution in [0.2, 0.25) is 0 Å². The molecule has 10 rings (SSSR count). The van der Waals surface area contributed by atoms with Crippen molar-refractivity contribution >= 4 is 5.97 Å². The van der Waals surface area contributed by atoms with Crippen molar-refractivity contribution in [3.8, 4) is 0 Å².